The smallest absolute Gasteiger partial charge is 0.358 e. The van der Waals surface area contributed by atoms with Crippen molar-refractivity contribution < 1.29 is 13.9 Å². The largest absolute Gasteiger partial charge is 0.664 e. The van der Waals surface area contributed by atoms with E-state index in [1.807, 2.05) is 0 Å². The molecule has 2 atom stereocenters. The summed E-state index contributed by atoms with van der Waals surface area (Å²) >= 11 is 3.28. The molecule has 1 aromatic carbocycles. The second-order valence-electron chi connectivity index (χ2n) is 3.27. The molecule has 2 N–H and O–H groups in total. The van der Waals surface area contributed by atoms with Crippen LogP contribution in [0.5, 0.6) is 5.75 Å². The third-order valence-electron chi connectivity index (χ3n) is 1.94. The Hall–Kier alpha value is -0.970. The maximum atomic E-state index is 11.6. The van der Waals surface area contributed by atoms with Crippen molar-refractivity contribution in [3.63, 3.8) is 0 Å². The van der Waals surface area contributed by atoms with Gasteiger partial charge >= 0.3 is 8.18 Å². The average Bonchev–Trinajstić information content (AvgIpc) is 2.30. The van der Waals surface area contributed by atoms with E-state index in [9.17, 15) is 9.36 Å². The van der Waals surface area contributed by atoms with Gasteiger partial charge in [-0.1, -0.05) is 21.0 Å². The molecule has 0 aliphatic heterocycles. The molecule has 92 valence electrons. The van der Waals surface area contributed by atoms with Crippen LogP contribution < -0.4 is 14.9 Å². The molecule has 0 heterocycles. The van der Waals surface area contributed by atoms with E-state index in [1.54, 1.807) is 31.2 Å². The molecule has 0 aliphatic rings. The zero-order chi connectivity index (χ0) is 12.8. The summed E-state index contributed by atoms with van der Waals surface area (Å²) in [5.74, 6) is 0.235. The average molecular weight is 320 g/mol. The van der Waals surface area contributed by atoms with Crippen molar-refractivity contribution in [1.29, 1.82) is 0 Å². The highest BCUT2D eigenvalue weighted by molar-refractivity contribution is 9.10. The van der Waals surface area contributed by atoms with Crippen LogP contribution in [0.4, 0.5) is 0 Å². The number of hydrogen-bond donors (Lipinski definition) is 2. The van der Waals surface area contributed by atoms with Gasteiger partial charge < -0.3 is 5.32 Å². The van der Waals surface area contributed by atoms with E-state index in [0.29, 0.717) is 5.75 Å². The Kier molecular flexibility index (Phi) is 5.55. The van der Waals surface area contributed by atoms with Crippen LogP contribution in [0.15, 0.2) is 28.7 Å². The molecule has 17 heavy (non-hydrogen) atoms. The topological polar surface area (TPSA) is 67.4 Å². The third-order valence-corrected chi connectivity index (χ3v) is 3.44. The highest BCUT2D eigenvalue weighted by atomic mass is 79.9. The van der Waals surface area contributed by atoms with Crippen molar-refractivity contribution in [2.75, 3.05) is 7.05 Å². The Morgan fingerprint density at radius 2 is 2.00 bits per heavy atom. The van der Waals surface area contributed by atoms with E-state index in [0.717, 1.165) is 4.47 Å². The second kappa shape index (κ2) is 6.69. The quantitative estimate of drug-likeness (QED) is 0.816. The zero-order valence-corrected chi connectivity index (χ0v) is 11.9. The predicted octanol–water partition coefficient (Wildman–Crippen LogP) is 2.21. The molecule has 7 heteroatoms. The lowest BCUT2D eigenvalue weighted by Crippen LogP contribution is -2.37. The fourth-order valence-electron chi connectivity index (χ4n) is 1.05. The first-order chi connectivity index (χ1) is 8.02. The number of halogens is 1. The molecule has 5 nitrogen and oxygen atoms in total. The molecule has 0 saturated heterocycles. The van der Waals surface area contributed by atoms with E-state index in [-0.39, 0.29) is 5.91 Å². The van der Waals surface area contributed by atoms with Crippen LogP contribution in [-0.2, 0) is 9.36 Å². The second-order valence-corrected chi connectivity index (χ2v) is 5.14. The highest BCUT2D eigenvalue weighted by Crippen LogP contribution is 2.25. The SMILES string of the molecule is CNC(=O)[C@H](C)N[P+](=O)Oc1ccc(Br)cc1. The monoisotopic (exact) mass is 319 g/mol. The van der Waals surface area contributed by atoms with Crippen molar-refractivity contribution in [2.45, 2.75) is 13.0 Å². The van der Waals surface area contributed by atoms with Crippen LogP contribution in [0, 0.1) is 0 Å². The van der Waals surface area contributed by atoms with Crippen molar-refractivity contribution in [1.82, 2.24) is 10.4 Å². The number of nitrogens with one attached hydrogen (secondary N) is 2. The molecule has 0 radical (unpaired) electrons. The van der Waals surface area contributed by atoms with Gasteiger partial charge in [0, 0.05) is 16.1 Å². The van der Waals surface area contributed by atoms with Gasteiger partial charge in [0.05, 0.1) is 0 Å². The summed E-state index contributed by atoms with van der Waals surface area (Å²) in [6.07, 6.45) is 0. The molecular weight excluding hydrogens is 307 g/mol. The minimum Gasteiger partial charge on any atom is -0.358 e. The first-order valence-electron chi connectivity index (χ1n) is 4.91. The number of rotatable bonds is 5. The molecule has 0 saturated carbocycles. The standard InChI is InChI=1S/C10H12BrN2O3P/c1-7(10(14)12-2)13-17(15)16-9-5-3-8(11)4-6-9/h3-7H,1-2H3,(H-,12,13,14,15)/p+1/t7-/m0/s1. The Morgan fingerprint density at radius 3 is 2.53 bits per heavy atom. The van der Waals surface area contributed by atoms with Crippen molar-refractivity contribution in [2.24, 2.45) is 0 Å². The van der Waals surface area contributed by atoms with E-state index in [2.05, 4.69) is 26.3 Å². The summed E-state index contributed by atoms with van der Waals surface area (Å²) in [7, 11) is -0.603. The lowest BCUT2D eigenvalue weighted by atomic mass is 10.3. The van der Waals surface area contributed by atoms with Gasteiger partial charge in [0.2, 0.25) is 5.91 Å². The predicted molar refractivity (Wildman–Crippen MR) is 69.0 cm³/mol. The Morgan fingerprint density at radius 1 is 1.41 bits per heavy atom. The molecule has 0 aromatic heterocycles. The van der Waals surface area contributed by atoms with Gasteiger partial charge in [-0.05, 0) is 31.2 Å². The van der Waals surface area contributed by atoms with Gasteiger partial charge in [-0.2, -0.15) is 0 Å². The van der Waals surface area contributed by atoms with Crippen molar-refractivity contribution in [3.8, 4) is 5.75 Å². The number of carbonyl (C=O) groups excluding carboxylic acids is 1. The van der Waals surface area contributed by atoms with Crippen LogP contribution in [0.3, 0.4) is 0 Å². The van der Waals surface area contributed by atoms with Gasteiger partial charge in [0.1, 0.15) is 6.04 Å². The Balaban J connectivity index is 2.50. The molecular formula is C10H13BrN2O3P+. The zero-order valence-electron chi connectivity index (χ0n) is 9.44. The van der Waals surface area contributed by atoms with E-state index < -0.39 is 14.2 Å². The summed E-state index contributed by atoms with van der Waals surface area (Å²) in [5, 5.41) is 5.01. The molecule has 0 bridgehead atoms. The molecule has 0 aliphatic carbocycles. The van der Waals surface area contributed by atoms with Gasteiger partial charge in [0.15, 0.2) is 5.75 Å². The van der Waals surface area contributed by atoms with Gasteiger partial charge in [-0.3, -0.25) is 4.79 Å². The first kappa shape index (κ1) is 14.1. The molecule has 1 rings (SSSR count). The van der Waals surface area contributed by atoms with E-state index in [4.69, 9.17) is 4.52 Å². The van der Waals surface area contributed by atoms with E-state index in [1.165, 1.54) is 7.05 Å². The molecule has 1 aromatic rings. The summed E-state index contributed by atoms with van der Waals surface area (Å²) in [5.41, 5.74) is 0. The maximum absolute atomic E-state index is 11.6. The first-order valence-corrected chi connectivity index (χ1v) is 6.88. The number of benzene rings is 1. The fraction of sp³-hybridized carbons (Fsp3) is 0.300. The van der Waals surface area contributed by atoms with Crippen molar-refractivity contribution >= 4 is 30.0 Å². The summed E-state index contributed by atoms with van der Waals surface area (Å²) in [6.45, 7) is 1.61. The van der Waals surface area contributed by atoms with Crippen LogP contribution in [-0.4, -0.2) is 19.0 Å². The van der Waals surface area contributed by atoms with Gasteiger partial charge in [-0.25, -0.2) is 4.52 Å². The number of amides is 1. The highest BCUT2D eigenvalue weighted by Gasteiger charge is 2.26. The minimum atomic E-state index is -2.12. The summed E-state index contributed by atoms with van der Waals surface area (Å²) in [6, 6.07) is 6.35. The van der Waals surface area contributed by atoms with Gasteiger partial charge in [0.25, 0.3) is 0 Å². The molecule has 0 fully saturated rings. The van der Waals surface area contributed by atoms with Crippen LogP contribution in [0.2, 0.25) is 0 Å². The maximum Gasteiger partial charge on any atom is 0.664 e. The lowest BCUT2D eigenvalue weighted by molar-refractivity contribution is -0.121. The van der Waals surface area contributed by atoms with Gasteiger partial charge in [-0.15, -0.1) is 0 Å². The van der Waals surface area contributed by atoms with Crippen LogP contribution in [0.25, 0.3) is 0 Å². The molecule has 1 unspecified atom stereocenters. The number of carbonyl (C=O) groups is 1. The summed E-state index contributed by atoms with van der Waals surface area (Å²) < 4.78 is 17.6. The fourth-order valence-corrected chi connectivity index (χ4v) is 2.11. The number of likely N-dealkylation sites (N-methyl/N-ethyl adjacent to an activating group) is 1. The lowest BCUT2D eigenvalue weighted by Gasteiger charge is -2.03. The third kappa shape index (κ3) is 4.81. The summed E-state index contributed by atoms with van der Waals surface area (Å²) in [4.78, 5) is 11.2. The molecule has 1 amide bonds. The van der Waals surface area contributed by atoms with E-state index >= 15 is 0 Å². The Labute approximate surface area is 109 Å². The van der Waals surface area contributed by atoms with Crippen LogP contribution in [0.1, 0.15) is 6.92 Å². The van der Waals surface area contributed by atoms with Crippen LogP contribution >= 0.6 is 24.1 Å². The van der Waals surface area contributed by atoms with Crippen molar-refractivity contribution in [3.05, 3.63) is 28.7 Å². The Bertz CT molecular complexity index is 411. The number of hydrogen-bond acceptors (Lipinski definition) is 3. The molecule has 0 spiro atoms. The normalized spacial score (nSPS) is 12.8. The minimum absolute atomic E-state index is 0.243.